The number of methoxy groups -OCH3 is 1. The van der Waals surface area contributed by atoms with Crippen LogP contribution in [0.2, 0.25) is 0 Å². The van der Waals surface area contributed by atoms with Crippen LogP contribution in [-0.4, -0.2) is 28.4 Å². The number of nitrogens with two attached hydrogens (primary N) is 1. The number of aromatic carboxylic acids is 1. The van der Waals surface area contributed by atoms with Crippen LogP contribution in [0.1, 0.15) is 27.2 Å². The maximum absolute atomic E-state index is 11.4. The quantitative estimate of drug-likeness (QED) is 0.670. The molecule has 3 rings (SSSR count). The molecule has 0 aliphatic carbocycles. The molecule has 3 aromatic rings. The van der Waals surface area contributed by atoms with Crippen LogP contribution < -0.4 is 10.5 Å². The van der Waals surface area contributed by atoms with E-state index in [0.717, 1.165) is 11.1 Å². The Bertz CT molecular complexity index is 928. The predicted molar refractivity (Wildman–Crippen MR) is 92.9 cm³/mol. The fourth-order valence-electron chi connectivity index (χ4n) is 2.61. The average Bonchev–Trinajstić information content (AvgIpc) is 3.02. The minimum atomic E-state index is -1.04. The summed E-state index contributed by atoms with van der Waals surface area (Å²) in [5.74, 6) is -0.746. The Hall–Kier alpha value is -3.12. The molecule has 0 aliphatic heterocycles. The van der Waals surface area contributed by atoms with Gasteiger partial charge in [-0.05, 0) is 29.3 Å². The summed E-state index contributed by atoms with van der Waals surface area (Å²) in [7, 11) is 1.45. The van der Waals surface area contributed by atoms with Crippen LogP contribution in [0, 0.1) is 0 Å². The minimum Gasteiger partial charge on any atom is -0.495 e. The number of carboxylic acid groups (broad SMARTS) is 1. The van der Waals surface area contributed by atoms with Gasteiger partial charge in [-0.3, -0.25) is 5.10 Å². The van der Waals surface area contributed by atoms with Crippen molar-refractivity contribution in [3.63, 3.8) is 0 Å². The highest BCUT2D eigenvalue weighted by Crippen LogP contribution is 2.32. The fourth-order valence-corrected chi connectivity index (χ4v) is 2.61. The zero-order valence-electron chi connectivity index (χ0n) is 13.1. The van der Waals surface area contributed by atoms with Crippen molar-refractivity contribution < 1.29 is 14.6 Å². The Balaban J connectivity index is 2.07. The molecule has 0 amide bonds. The van der Waals surface area contributed by atoms with Gasteiger partial charge in [0.2, 0.25) is 0 Å². The minimum absolute atomic E-state index is 0.103. The molecule has 0 aliphatic rings. The van der Waals surface area contributed by atoms with Crippen molar-refractivity contribution in [3.8, 4) is 5.75 Å². The van der Waals surface area contributed by atoms with E-state index < -0.39 is 5.97 Å². The van der Waals surface area contributed by atoms with Gasteiger partial charge in [-0.25, -0.2) is 4.79 Å². The van der Waals surface area contributed by atoms with Crippen LogP contribution in [0.4, 0.5) is 0 Å². The maximum Gasteiger partial charge on any atom is 0.339 e. The predicted octanol–water partition coefficient (Wildman–Crippen LogP) is 2.90. The number of carboxylic acids is 1. The van der Waals surface area contributed by atoms with E-state index in [0.29, 0.717) is 28.9 Å². The van der Waals surface area contributed by atoms with Crippen LogP contribution in [0.3, 0.4) is 0 Å². The van der Waals surface area contributed by atoms with Gasteiger partial charge in [-0.15, -0.1) is 0 Å². The van der Waals surface area contributed by atoms with Gasteiger partial charge in [0.15, 0.2) is 0 Å². The zero-order valence-corrected chi connectivity index (χ0v) is 13.1. The van der Waals surface area contributed by atoms with Gasteiger partial charge in [-0.2, -0.15) is 5.10 Å². The fraction of sp³-hybridized carbons (Fsp3) is 0.111. The van der Waals surface area contributed by atoms with E-state index in [1.165, 1.54) is 13.2 Å². The first-order valence-corrected chi connectivity index (χ1v) is 7.39. The van der Waals surface area contributed by atoms with Gasteiger partial charge in [0.1, 0.15) is 11.3 Å². The highest BCUT2D eigenvalue weighted by Gasteiger charge is 2.17. The molecule has 0 spiro atoms. The first kappa shape index (κ1) is 15.8. The number of nitrogens with zero attached hydrogens (tertiary/aromatic N) is 1. The second-order valence-electron chi connectivity index (χ2n) is 5.27. The van der Waals surface area contributed by atoms with Crippen molar-refractivity contribution in [2.24, 2.45) is 5.73 Å². The molecular formula is C18H17N3O3. The first-order chi connectivity index (χ1) is 11.6. The second kappa shape index (κ2) is 6.55. The van der Waals surface area contributed by atoms with Crippen LogP contribution in [0.5, 0.6) is 5.75 Å². The molecule has 122 valence electrons. The summed E-state index contributed by atoms with van der Waals surface area (Å²) in [6.45, 7) is 0.475. The number of nitrogens with one attached hydrogen (secondary N) is 1. The van der Waals surface area contributed by atoms with Crippen LogP contribution in [0.25, 0.3) is 23.1 Å². The summed E-state index contributed by atoms with van der Waals surface area (Å²) in [4.78, 5) is 11.4. The second-order valence-corrected chi connectivity index (χ2v) is 5.27. The molecule has 0 radical (unpaired) electrons. The smallest absolute Gasteiger partial charge is 0.339 e. The number of aromatic amines is 1. The normalized spacial score (nSPS) is 11.2. The monoisotopic (exact) mass is 323 g/mol. The molecule has 4 N–H and O–H groups in total. The molecule has 0 atom stereocenters. The third-order valence-electron chi connectivity index (χ3n) is 3.77. The number of aromatic nitrogens is 2. The van der Waals surface area contributed by atoms with Crippen molar-refractivity contribution in [3.05, 3.63) is 58.8 Å². The van der Waals surface area contributed by atoms with Crippen molar-refractivity contribution in [2.75, 3.05) is 7.11 Å². The number of hydrogen-bond donors (Lipinski definition) is 3. The molecule has 0 saturated carbocycles. The molecule has 0 saturated heterocycles. The standard InChI is InChI=1S/C18H17N3O3/c1-24-17-13(18(22)23)6-8-15-16(17)14(20-21-15)7-5-11-3-2-4-12(9-11)10-19/h2-9H,10,19H2,1H3,(H,20,21)(H,22,23)/b7-5+. The average molecular weight is 323 g/mol. The molecule has 0 fully saturated rings. The third kappa shape index (κ3) is 2.87. The van der Waals surface area contributed by atoms with Gasteiger partial charge < -0.3 is 15.6 Å². The Labute approximate surface area is 138 Å². The molecule has 24 heavy (non-hydrogen) atoms. The summed E-state index contributed by atoms with van der Waals surface area (Å²) >= 11 is 0. The summed E-state index contributed by atoms with van der Waals surface area (Å²) < 4.78 is 5.32. The van der Waals surface area contributed by atoms with E-state index in [9.17, 15) is 9.90 Å². The number of ether oxygens (including phenoxy) is 1. The largest absolute Gasteiger partial charge is 0.495 e. The van der Waals surface area contributed by atoms with Crippen molar-refractivity contribution in [1.82, 2.24) is 10.2 Å². The van der Waals surface area contributed by atoms with Gasteiger partial charge in [0.25, 0.3) is 0 Å². The molecule has 1 heterocycles. The number of carbonyl (C=O) groups is 1. The van der Waals surface area contributed by atoms with Crippen molar-refractivity contribution >= 4 is 29.0 Å². The van der Waals surface area contributed by atoms with Gasteiger partial charge in [-0.1, -0.05) is 30.3 Å². The van der Waals surface area contributed by atoms with Gasteiger partial charge in [0.05, 0.1) is 23.7 Å². The van der Waals surface area contributed by atoms with E-state index in [1.807, 2.05) is 36.4 Å². The van der Waals surface area contributed by atoms with E-state index in [1.54, 1.807) is 6.07 Å². The number of fused-ring (bicyclic) bond motifs is 1. The van der Waals surface area contributed by atoms with E-state index in [-0.39, 0.29) is 5.56 Å². The van der Waals surface area contributed by atoms with Gasteiger partial charge in [0, 0.05) is 6.54 Å². The maximum atomic E-state index is 11.4. The van der Waals surface area contributed by atoms with Crippen LogP contribution in [-0.2, 0) is 6.54 Å². The van der Waals surface area contributed by atoms with Crippen molar-refractivity contribution in [2.45, 2.75) is 6.54 Å². The Morgan fingerprint density at radius 3 is 2.88 bits per heavy atom. The number of benzene rings is 2. The lowest BCUT2D eigenvalue weighted by molar-refractivity contribution is 0.0693. The summed E-state index contributed by atoms with van der Waals surface area (Å²) in [5, 5.41) is 17.1. The molecule has 1 aromatic heterocycles. The Morgan fingerprint density at radius 2 is 2.17 bits per heavy atom. The van der Waals surface area contributed by atoms with Crippen LogP contribution >= 0.6 is 0 Å². The number of rotatable bonds is 5. The molecule has 2 aromatic carbocycles. The Kier molecular flexibility index (Phi) is 4.31. The lowest BCUT2D eigenvalue weighted by Crippen LogP contribution is -2.00. The van der Waals surface area contributed by atoms with E-state index in [4.69, 9.17) is 10.5 Å². The lowest BCUT2D eigenvalue weighted by atomic mass is 10.1. The molecular weight excluding hydrogens is 306 g/mol. The van der Waals surface area contributed by atoms with Gasteiger partial charge >= 0.3 is 5.97 Å². The molecule has 0 bridgehead atoms. The van der Waals surface area contributed by atoms with E-state index >= 15 is 0 Å². The number of H-pyrrole nitrogens is 1. The molecule has 0 unspecified atom stereocenters. The topological polar surface area (TPSA) is 101 Å². The highest BCUT2D eigenvalue weighted by molar-refractivity contribution is 6.02. The van der Waals surface area contributed by atoms with E-state index in [2.05, 4.69) is 10.2 Å². The highest BCUT2D eigenvalue weighted by atomic mass is 16.5. The number of hydrogen-bond acceptors (Lipinski definition) is 4. The van der Waals surface area contributed by atoms with Crippen LogP contribution in [0.15, 0.2) is 36.4 Å². The molecule has 6 nitrogen and oxygen atoms in total. The summed E-state index contributed by atoms with van der Waals surface area (Å²) in [6.07, 6.45) is 3.73. The van der Waals surface area contributed by atoms with Crippen molar-refractivity contribution in [1.29, 1.82) is 0 Å². The first-order valence-electron chi connectivity index (χ1n) is 7.39. The Morgan fingerprint density at radius 1 is 1.33 bits per heavy atom. The third-order valence-corrected chi connectivity index (χ3v) is 3.77. The zero-order chi connectivity index (χ0) is 17.1. The summed E-state index contributed by atoms with van der Waals surface area (Å²) in [5.41, 5.74) is 9.11. The molecule has 6 heteroatoms. The lowest BCUT2D eigenvalue weighted by Gasteiger charge is -2.06. The summed E-state index contributed by atoms with van der Waals surface area (Å²) in [6, 6.07) is 11.0. The SMILES string of the molecule is COc1c(C(=O)O)ccc2[nH]nc(/C=C/c3cccc(CN)c3)c12.